The van der Waals surface area contributed by atoms with Crippen LogP contribution in [0, 0.1) is 0 Å². The molecule has 4 heteroatoms. The average molecular weight is 159 g/mol. The summed E-state index contributed by atoms with van der Waals surface area (Å²) in [5.74, 6) is 0. The molecule has 0 unspecified atom stereocenters. The Bertz CT molecular complexity index is 487. The van der Waals surface area contributed by atoms with E-state index in [1.807, 2.05) is 12.3 Å². The molecule has 0 saturated heterocycles. The predicted octanol–water partition coefficient (Wildman–Crippen LogP) is 1.70. The smallest absolute Gasteiger partial charge is 0.185 e. The van der Waals surface area contributed by atoms with E-state index in [0.717, 1.165) is 22.0 Å². The first-order chi connectivity index (χ1) is 5.95. The minimum absolute atomic E-state index is 0.724. The van der Waals surface area contributed by atoms with Gasteiger partial charge in [0.05, 0.1) is 17.8 Å². The van der Waals surface area contributed by atoms with Crippen molar-refractivity contribution < 1.29 is 4.52 Å². The first kappa shape index (κ1) is 5.77. The number of nitrogens with one attached hydrogen (secondary N) is 1. The van der Waals surface area contributed by atoms with Gasteiger partial charge in [0.2, 0.25) is 0 Å². The quantitative estimate of drug-likeness (QED) is 0.543. The SMILES string of the molecule is c1cc2c(ncc3oncc32)[nH]1. The Balaban J connectivity index is 2.71. The Morgan fingerprint density at radius 1 is 1.25 bits per heavy atom. The van der Waals surface area contributed by atoms with E-state index >= 15 is 0 Å². The molecule has 0 saturated carbocycles. The molecule has 0 atom stereocenters. The van der Waals surface area contributed by atoms with Crippen LogP contribution in [0.1, 0.15) is 0 Å². The maximum atomic E-state index is 4.97. The summed E-state index contributed by atoms with van der Waals surface area (Å²) in [4.78, 5) is 7.17. The van der Waals surface area contributed by atoms with E-state index < -0.39 is 0 Å². The van der Waals surface area contributed by atoms with E-state index in [9.17, 15) is 0 Å². The lowest BCUT2D eigenvalue weighted by Crippen LogP contribution is -1.74. The van der Waals surface area contributed by atoms with Crippen molar-refractivity contribution in [2.45, 2.75) is 0 Å². The number of H-pyrrole nitrogens is 1. The van der Waals surface area contributed by atoms with E-state index in [1.165, 1.54) is 0 Å². The molecule has 0 aliphatic carbocycles. The van der Waals surface area contributed by atoms with Crippen molar-refractivity contribution in [3.05, 3.63) is 24.7 Å². The summed E-state index contributed by atoms with van der Waals surface area (Å²) >= 11 is 0. The zero-order chi connectivity index (χ0) is 7.97. The van der Waals surface area contributed by atoms with Gasteiger partial charge in [-0.15, -0.1) is 0 Å². The van der Waals surface area contributed by atoms with Crippen molar-refractivity contribution >= 4 is 22.0 Å². The summed E-state index contributed by atoms with van der Waals surface area (Å²) in [6.07, 6.45) is 5.22. The first-order valence-corrected chi connectivity index (χ1v) is 3.61. The maximum absolute atomic E-state index is 4.97. The van der Waals surface area contributed by atoms with Crippen molar-refractivity contribution in [2.75, 3.05) is 0 Å². The van der Waals surface area contributed by atoms with Crippen LogP contribution in [0.2, 0.25) is 0 Å². The third-order valence-electron chi connectivity index (χ3n) is 1.92. The zero-order valence-electron chi connectivity index (χ0n) is 6.11. The molecule has 0 aliphatic rings. The Hall–Kier alpha value is -1.84. The second-order valence-corrected chi connectivity index (χ2v) is 2.60. The van der Waals surface area contributed by atoms with Gasteiger partial charge in [-0.05, 0) is 6.07 Å². The molecule has 3 heterocycles. The van der Waals surface area contributed by atoms with Crippen molar-refractivity contribution in [3.63, 3.8) is 0 Å². The predicted molar refractivity (Wildman–Crippen MR) is 43.7 cm³/mol. The van der Waals surface area contributed by atoms with Crippen LogP contribution < -0.4 is 0 Å². The molecule has 0 radical (unpaired) electrons. The van der Waals surface area contributed by atoms with E-state index in [1.54, 1.807) is 12.4 Å². The average Bonchev–Trinajstić information content (AvgIpc) is 2.71. The Morgan fingerprint density at radius 2 is 2.25 bits per heavy atom. The highest BCUT2D eigenvalue weighted by Gasteiger charge is 2.04. The molecular formula is C8H5N3O. The van der Waals surface area contributed by atoms with Gasteiger partial charge in [0.1, 0.15) is 5.65 Å². The fraction of sp³-hybridized carbons (Fsp3) is 0. The molecule has 0 aromatic carbocycles. The molecule has 3 rings (SSSR count). The molecule has 0 aliphatic heterocycles. The molecular weight excluding hydrogens is 154 g/mol. The third kappa shape index (κ3) is 0.567. The summed E-state index contributed by atoms with van der Waals surface area (Å²) in [5, 5.41) is 5.75. The minimum Gasteiger partial charge on any atom is -0.355 e. The topological polar surface area (TPSA) is 54.7 Å². The number of fused-ring (bicyclic) bond motifs is 3. The summed E-state index contributed by atoms with van der Waals surface area (Å²) in [5.41, 5.74) is 1.59. The number of aromatic nitrogens is 3. The molecule has 0 amide bonds. The van der Waals surface area contributed by atoms with Crippen LogP contribution >= 0.6 is 0 Å². The lowest BCUT2D eigenvalue weighted by molar-refractivity contribution is 0.455. The van der Waals surface area contributed by atoms with Crippen molar-refractivity contribution in [1.82, 2.24) is 15.1 Å². The second kappa shape index (κ2) is 1.85. The number of hydrogen-bond donors (Lipinski definition) is 1. The molecule has 12 heavy (non-hydrogen) atoms. The van der Waals surface area contributed by atoms with Crippen molar-refractivity contribution in [3.8, 4) is 0 Å². The molecule has 4 nitrogen and oxygen atoms in total. The molecule has 58 valence electrons. The van der Waals surface area contributed by atoms with Gasteiger partial charge in [-0.1, -0.05) is 5.16 Å². The van der Waals surface area contributed by atoms with Gasteiger partial charge >= 0.3 is 0 Å². The second-order valence-electron chi connectivity index (χ2n) is 2.60. The van der Waals surface area contributed by atoms with Crippen LogP contribution in [0.4, 0.5) is 0 Å². The van der Waals surface area contributed by atoms with Crippen LogP contribution in [0.3, 0.4) is 0 Å². The Labute approximate surface area is 67.2 Å². The van der Waals surface area contributed by atoms with E-state index in [2.05, 4.69) is 15.1 Å². The van der Waals surface area contributed by atoms with Gasteiger partial charge < -0.3 is 9.51 Å². The summed E-state index contributed by atoms with van der Waals surface area (Å²) in [6.45, 7) is 0. The monoisotopic (exact) mass is 159 g/mol. The van der Waals surface area contributed by atoms with Gasteiger partial charge in [0.25, 0.3) is 0 Å². The van der Waals surface area contributed by atoms with Crippen LogP contribution in [-0.2, 0) is 0 Å². The number of pyridine rings is 1. The fourth-order valence-corrected chi connectivity index (χ4v) is 1.35. The number of hydrogen-bond acceptors (Lipinski definition) is 3. The summed E-state index contributed by atoms with van der Waals surface area (Å²) in [6, 6.07) is 1.96. The van der Waals surface area contributed by atoms with Gasteiger partial charge in [-0.2, -0.15) is 0 Å². The van der Waals surface area contributed by atoms with E-state index in [0.29, 0.717) is 0 Å². The van der Waals surface area contributed by atoms with Gasteiger partial charge in [-0.3, -0.25) is 0 Å². The van der Waals surface area contributed by atoms with Crippen LogP contribution in [0.15, 0.2) is 29.2 Å². The molecule has 0 fully saturated rings. The molecule has 0 spiro atoms. The van der Waals surface area contributed by atoms with E-state index in [4.69, 9.17) is 4.52 Å². The largest absolute Gasteiger partial charge is 0.355 e. The highest BCUT2D eigenvalue weighted by molar-refractivity contribution is 6.01. The van der Waals surface area contributed by atoms with Gasteiger partial charge in [0, 0.05) is 11.6 Å². The lowest BCUT2D eigenvalue weighted by atomic mass is 10.2. The fourth-order valence-electron chi connectivity index (χ4n) is 1.35. The summed E-state index contributed by atoms with van der Waals surface area (Å²) in [7, 11) is 0. The van der Waals surface area contributed by atoms with Crippen molar-refractivity contribution in [2.24, 2.45) is 0 Å². The Morgan fingerprint density at radius 3 is 3.25 bits per heavy atom. The van der Waals surface area contributed by atoms with E-state index in [-0.39, 0.29) is 0 Å². The van der Waals surface area contributed by atoms with Gasteiger partial charge in [0.15, 0.2) is 5.58 Å². The molecule has 3 aromatic heterocycles. The molecule has 3 aromatic rings. The highest BCUT2D eigenvalue weighted by Crippen LogP contribution is 2.21. The minimum atomic E-state index is 0.724. The lowest BCUT2D eigenvalue weighted by Gasteiger charge is -1.87. The Kier molecular flexibility index (Phi) is 0.889. The third-order valence-corrected chi connectivity index (χ3v) is 1.92. The number of rotatable bonds is 0. The highest BCUT2D eigenvalue weighted by atomic mass is 16.5. The molecule has 1 N–H and O–H groups in total. The van der Waals surface area contributed by atoms with Crippen LogP contribution in [-0.4, -0.2) is 15.1 Å². The van der Waals surface area contributed by atoms with Crippen LogP contribution in [0.5, 0.6) is 0 Å². The standard InChI is InChI=1S/C8H5N3O/c1-2-9-8-5(1)6-3-11-12-7(6)4-10-8/h1-4H,(H,9,10). The number of aromatic amines is 1. The molecule has 0 bridgehead atoms. The normalized spacial score (nSPS) is 11.3. The zero-order valence-corrected chi connectivity index (χ0v) is 6.11. The van der Waals surface area contributed by atoms with Gasteiger partial charge in [-0.25, -0.2) is 4.98 Å². The number of nitrogens with zero attached hydrogens (tertiary/aromatic N) is 2. The van der Waals surface area contributed by atoms with Crippen LogP contribution in [0.25, 0.3) is 22.0 Å². The summed E-state index contributed by atoms with van der Waals surface area (Å²) < 4.78 is 4.97. The first-order valence-electron chi connectivity index (χ1n) is 3.61. The maximum Gasteiger partial charge on any atom is 0.185 e. The van der Waals surface area contributed by atoms with Crippen molar-refractivity contribution in [1.29, 1.82) is 0 Å².